The highest BCUT2D eigenvalue weighted by molar-refractivity contribution is 9.10. The van der Waals surface area contributed by atoms with E-state index in [0.29, 0.717) is 5.82 Å². The summed E-state index contributed by atoms with van der Waals surface area (Å²) in [5.74, 6) is 0.675. The van der Waals surface area contributed by atoms with Crippen molar-refractivity contribution in [1.29, 1.82) is 0 Å². The van der Waals surface area contributed by atoms with Crippen molar-refractivity contribution < 1.29 is 8.76 Å². The zero-order chi connectivity index (χ0) is 16.9. The Labute approximate surface area is 149 Å². The summed E-state index contributed by atoms with van der Waals surface area (Å²) in [6, 6.07) is 13.4. The van der Waals surface area contributed by atoms with Crippen LogP contribution in [0.5, 0.6) is 0 Å². The van der Waals surface area contributed by atoms with E-state index in [9.17, 15) is 8.76 Å². The summed E-state index contributed by atoms with van der Waals surface area (Å²) in [5.41, 5.74) is 2.52. The van der Waals surface area contributed by atoms with Gasteiger partial charge in [0.15, 0.2) is 0 Å². The monoisotopic (exact) mass is 403 g/mol. The van der Waals surface area contributed by atoms with Crippen molar-refractivity contribution in [3.8, 4) is 0 Å². The molecule has 1 aromatic heterocycles. The summed E-state index contributed by atoms with van der Waals surface area (Å²) in [6.45, 7) is 0. The van der Waals surface area contributed by atoms with E-state index in [0.717, 1.165) is 26.6 Å². The lowest BCUT2D eigenvalue weighted by Crippen LogP contribution is -2.07. The molecule has 0 saturated heterocycles. The van der Waals surface area contributed by atoms with E-state index in [1.807, 2.05) is 42.5 Å². The van der Waals surface area contributed by atoms with Crippen LogP contribution in [0.3, 0.4) is 0 Å². The third-order valence-corrected chi connectivity index (χ3v) is 4.01. The number of hydrogen-bond donors (Lipinski definition) is 2. The summed E-state index contributed by atoms with van der Waals surface area (Å²) >= 11 is 1.11. The molecule has 1 unspecified atom stereocenters. The molecule has 1 heterocycles. The van der Waals surface area contributed by atoms with Crippen molar-refractivity contribution in [2.24, 2.45) is 0 Å². The maximum atomic E-state index is 10.5. The third kappa shape index (κ3) is 4.16. The van der Waals surface area contributed by atoms with Crippen LogP contribution in [0.2, 0.25) is 0 Å². The predicted molar refractivity (Wildman–Crippen MR) is 98.1 cm³/mol. The van der Waals surface area contributed by atoms with Crippen molar-refractivity contribution in [2.75, 3.05) is 5.32 Å². The molecular formula is C16H12BrN4O2S-. The highest BCUT2D eigenvalue weighted by Gasteiger charge is 2.05. The first-order valence-electron chi connectivity index (χ1n) is 6.91. The molecule has 8 heteroatoms. The number of nitrogens with zero attached hydrogens (tertiary/aromatic N) is 2. The lowest BCUT2D eigenvalue weighted by atomic mass is 10.1. The van der Waals surface area contributed by atoms with Crippen molar-refractivity contribution in [3.05, 3.63) is 65.0 Å². The minimum absolute atomic E-state index is 0.675. The summed E-state index contributed by atoms with van der Waals surface area (Å²) in [5, 5.41) is 4.11. The second-order valence-corrected chi connectivity index (χ2v) is 6.44. The van der Waals surface area contributed by atoms with E-state index in [4.69, 9.17) is 0 Å². The Hall–Kier alpha value is -2.29. The van der Waals surface area contributed by atoms with Crippen LogP contribution in [-0.2, 0) is 11.3 Å². The molecule has 0 fully saturated rings. The minimum Gasteiger partial charge on any atom is -0.755 e. The van der Waals surface area contributed by atoms with Gasteiger partial charge in [0, 0.05) is 33.0 Å². The summed E-state index contributed by atoms with van der Waals surface area (Å²) in [6.07, 6.45) is 4.51. The van der Waals surface area contributed by atoms with E-state index in [-0.39, 0.29) is 0 Å². The number of rotatable bonds is 5. The minimum atomic E-state index is -2.33. The van der Waals surface area contributed by atoms with Crippen LogP contribution in [0.4, 0.5) is 11.5 Å². The van der Waals surface area contributed by atoms with Crippen LogP contribution in [0.25, 0.3) is 17.0 Å². The Balaban J connectivity index is 1.95. The van der Waals surface area contributed by atoms with Crippen molar-refractivity contribution in [3.63, 3.8) is 0 Å². The molecule has 24 heavy (non-hydrogen) atoms. The van der Waals surface area contributed by atoms with Crippen LogP contribution in [0.1, 0.15) is 5.56 Å². The van der Waals surface area contributed by atoms with Gasteiger partial charge in [-0.1, -0.05) is 28.1 Å². The standard InChI is InChI=1S/C16H13BrN4O2S/c17-12-2-1-3-13(9-12)21-16-14-8-11(6-7-20-24(22)23)4-5-15(14)18-10-19-16/h1-10,20H,(H,22,23)(H,18,19,21)/p-1. The average Bonchev–Trinajstić information content (AvgIpc) is 2.55. The van der Waals surface area contributed by atoms with Gasteiger partial charge in [0.2, 0.25) is 0 Å². The summed E-state index contributed by atoms with van der Waals surface area (Å²) in [4.78, 5) is 8.56. The van der Waals surface area contributed by atoms with Crippen LogP contribution < -0.4 is 10.0 Å². The second kappa shape index (κ2) is 7.52. The molecule has 0 aliphatic carbocycles. The average molecular weight is 404 g/mol. The first kappa shape index (κ1) is 16.6. The molecule has 6 nitrogen and oxygen atoms in total. The molecule has 2 aromatic carbocycles. The maximum absolute atomic E-state index is 10.5. The van der Waals surface area contributed by atoms with Gasteiger partial charge in [0.25, 0.3) is 0 Å². The van der Waals surface area contributed by atoms with Gasteiger partial charge in [-0.25, -0.2) is 9.97 Å². The Bertz CT molecular complexity index is 933. The molecule has 0 amide bonds. The van der Waals surface area contributed by atoms with Gasteiger partial charge in [0.1, 0.15) is 12.1 Å². The van der Waals surface area contributed by atoms with Crippen LogP contribution in [0.15, 0.2) is 59.5 Å². The first-order valence-corrected chi connectivity index (χ1v) is 8.78. The smallest absolute Gasteiger partial charge is 0.141 e. The van der Waals surface area contributed by atoms with Crippen molar-refractivity contribution in [2.45, 2.75) is 0 Å². The topological polar surface area (TPSA) is 90.0 Å². The SMILES string of the molecule is O=S([O-])NC=Cc1ccc2ncnc(Nc3cccc(Br)c3)c2c1. The number of nitrogens with one attached hydrogen (secondary N) is 2. The van der Waals surface area contributed by atoms with Crippen molar-refractivity contribution >= 4 is 55.7 Å². The van der Waals surface area contributed by atoms with Gasteiger partial charge >= 0.3 is 0 Å². The quantitative estimate of drug-likeness (QED) is 0.636. The largest absolute Gasteiger partial charge is 0.755 e. The number of benzene rings is 2. The van der Waals surface area contributed by atoms with Gasteiger partial charge < -0.3 is 14.6 Å². The molecule has 0 aliphatic heterocycles. The van der Waals surface area contributed by atoms with E-state index in [1.54, 1.807) is 6.08 Å². The van der Waals surface area contributed by atoms with Gasteiger partial charge in [-0.3, -0.25) is 4.21 Å². The van der Waals surface area contributed by atoms with E-state index >= 15 is 0 Å². The molecule has 3 rings (SSSR count). The highest BCUT2D eigenvalue weighted by Crippen LogP contribution is 2.25. The molecule has 0 spiro atoms. The van der Waals surface area contributed by atoms with Gasteiger partial charge in [0.05, 0.1) is 5.52 Å². The molecule has 2 N–H and O–H groups in total. The van der Waals surface area contributed by atoms with E-state index in [1.165, 1.54) is 12.5 Å². The van der Waals surface area contributed by atoms with Crippen LogP contribution in [0, 0.1) is 0 Å². The highest BCUT2D eigenvalue weighted by atomic mass is 79.9. The van der Waals surface area contributed by atoms with E-state index < -0.39 is 11.3 Å². The lowest BCUT2D eigenvalue weighted by Gasteiger charge is -2.09. The summed E-state index contributed by atoms with van der Waals surface area (Å²) < 4.78 is 24.1. The molecule has 0 saturated carbocycles. The Morgan fingerprint density at radius 1 is 1.17 bits per heavy atom. The van der Waals surface area contributed by atoms with Gasteiger partial charge in [-0.05, 0) is 42.0 Å². The molecule has 0 radical (unpaired) electrons. The Morgan fingerprint density at radius 3 is 2.83 bits per heavy atom. The predicted octanol–water partition coefficient (Wildman–Crippen LogP) is 3.49. The molecule has 3 aromatic rings. The maximum Gasteiger partial charge on any atom is 0.141 e. The fourth-order valence-corrected chi connectivity index (χ4v) is 2.74. The molecule has 122 valence electrons. The molecule has 0 aliphatic rings. The fourth-order valence-electron chi connectivity index (χ4n) is 2.17. The number of fused-ring (bicyclic) bond motifs is 1. The Morgan fingerprint density at radius 2 is 2.04 bits per heavy atom. The zero-order valence-corrected chi connectivity index (χ0v) is 14.7. The third-order valence-electron chi connectivity index (χ3n) is 3.19. The zero-order valence-electron chi connectivity index (χ0n) is 12.3. The van der Waals surface area contributed by atoms with Gasteiger partial charge in [-0.15, -0.1) is 0 Å². The van der Waals surface area contributed by atoms with Crippen LogP contribution >= 0.6 is 15.9 Å². The lowest BCUT2D eigenvalue weighted by molar-refractivity contribution is 0.531. The van der Waals surface area contributed by atoms with Crippen LogP contribution in [-0.4, -0.2) is 18.7 Å². The number of anilines is 2. The molecule has 1 atom stereocenters. The number of aromatic nitrogens is 2. The molecular weight excluding hydrogens is 392 g/mol. The summed E-state index contributed by atoms with van der Waals surface area (Å²) in [7, 11) is 0. The number of hydrogen-bond acceptors (Lipinski definition) is 5. The Kier molecular flexibility index (Phi) is 5.19. The molecule has 0 bridgehead atoms. The normalized spacial score (nSPS) is 12.4. The number of halogens is 1. The van der Waals surface area contributed by atoms with E-state index in [2.05, 4.69) is 35.9 Å². The van der Waals surface area contributed by atoms with Crippen molar-refractivity contribution in [1.82, 2.24) is 14.7 Å². The fraction of sp³-hybridized carbons (Fsp3) is 0. The second-order valence-electron chi connectivity index (χ2n) is 4.82. The first-order chi connectivity index (χ1) is 11.6. The van der Waals surface area contributed by atoms with Gasteiger partial charge in [-0.2, -0.15) is 0 Å².